The van der Waals surface area contributed by atoms with Crippen LogP contribution in [0.15, 0.2) is 24.3 Å². The highest BCUT2D eigenvalue weighted by molar-refractivity contribution is 6.30. The van der Waals surface area contributed by atoms with Crippen molar-refractivity contribution in [3.05, 3.63) is 34.9 Å². The second-order valence-corrected chi connectivity index (χ2v) is 7.57. The molecule has 0 spiro atoms. The number of nitrogens with two attached hydrogens (primary N) is 1. The minimum Gasteiger partial charge on any atom is -0.327 e. The van der Waals surface area contributed by atoms with E-state index in [0.29, 0.717) is 17.4 Å². The van der Waals surface area contributed by atoms with E-state index < -0.39 is 0 Å². The number of rotatable bonds is 2. The van der Waals surface area contributed by atoms with Crippen molar-refractivity contribution in [1.82, 2.24) is 0 Å². The Hall–Kier alpha value is -0.530. The maximum atomic E-state index is 6.34. The normalized spacial score (nSPS) is 28.4. The Morgan fingerprint density at radius 3 is 2.37 bits per heavy atom. The first-order chi connectivity index (χ1) is 8.86. The van der Waals surface area contributed by atoms with E-state index in [0.717, 1.165) is 17.4 Å². The molecule has 1 saturated carbocycles. The third kappa shape index (κ3) is 3.97. The Morgan fingerprint density at radius 2 is 1.79 bits per heavy atom. The van der Waals surface area contributed by atoms with E-state index in [1.807, 2.05) is 12.1 Å². The van der Waals surface area contributed by atoms with Gasteiger partial charge in [-0.1, -0.05) is 44.5 Å². The van der Waals surface area contributed by atoms with E-state index in [-0.39, 0.29) is 0 Å². The lowest BCUT2D eigenvalue weighted by Crippen LogP contribution is -2.40. The van der Waals surface area contributed by atoms with Gasteiger partial charge < -0.3 is 5.73 Å². The van der Waals surface area contributed by atoms with Gasteiger partial charge in [-0.2, -0.15) is 0 Å². The number of hydrogen-bond donors (Lipinski definition) is 1. The summed E-state index contributed by atoms with van der Waals surface area (Å²) in [5.41, 5.74) is 8.10. The van der Waals surface area contributed by atoms with Crippen molar-refractivity contribution in [2.75, 3.05) is 0 Å². The minimum absolute atomic E-state index is 0.356. The van der Waals surface area contributed by atoms with Gasteiger partial charge in [-0.15, -0.1) is 0 Å². The number of halogens is 1. The van der Waals surface area contributed by atoms with E-state index in [9.17, 15) is 0 Å². The molecule has 0 bridgehead atoms. The van der Waals surface area contributed by atoms with Gasteiger partial charge in [0.15, 0.2) is 0 Å². The summed E-state index contributed by atoms with van der Waals surface area (Å²) in [5.74, 6) is 1.41. The van der Waals surface area contributed by atoms with Crippen LogP contribution in [0.2, 0.25) is 5.02 Å². The second-order valence-electron chi connectivity index (χ2n) is 7.13. The Morgan fingerprint density at radius 1 is 1.16 bits per heavy atom. The van der Waals surface area contributed by atoms with Crippen LogP contribution in [0.5, 0.6) is 0 Å². The predicted octanol–water partition coefficient (Wildman–Crippen LogP) is 4.67. The van der Waals surface area contributed by atoms with Crippen LogP contribution in [0.1, 0.15) is 45.6 Å². The highest BCUT2D eigenvalue weighted by atomic mass is 35.5. The summed E-state index contributed by atoms with van der Waals surface area (Å²) in [5, 5.41) is 0.810. The number of benzene rings is 1. The molecule has 1 aromatic carbocycles. The van der Waals surface area contributed by atoms with Crippen LogP contribution < -0.4 is 5.73 Å². The molecular formula is C17H26ClN. The SMILES string of the molecule is CC(C)(C)C1CCC(N)C(Cc2ccc(Cl)cc2)C1. The van der Waals surface area contributed by atoms with Crippen molar-refractivity contribution >= 4 is 11.6 Å². The van der Waals surface area contributed by atoms with E-state index in [2.05, 4.69) is 32.9 Å². The van der Waals surface area contributed by atoms with Crippen molar-refractivity contribution in [1.29, 1.82) is 0 Å². The van der Waals surface area contributed by atoms with Crippen LogP contribution in [-0.4, -0.2) is 6.04 Å². The third-order valence-corrected chi connectivity index (χ3v) is 4.93. The van der Waals surface area contributed by atoms with Gasteiger partial charge in [0.25, 0.3) is 0 Å². The summed E-state index contributed by atoms with van der Waals surface area (Å²) in [6.45, 7) is 7.07. The average Bonchev–Trinajstić information content (AvgIpc) is 2.33. The van der Waals surface area contributed by atoms with Gasteiger partial charge in [0.2, 0.25) is 0 Å². The summed E-state index contributed by atoms with van der Waals surface area (Å²) in [6.07, 6.45) is 4.79. The van der Waals surface area contributed by atoms with Crippen LogP contribution in [-0.2, 0) is 6.42 Å². The maximum Gasteiger partial charge on any atom is 0.0406 e. The van der Waals surface area contributed by atoms with Crippen molar-refractivity contribution < 1.29 is 0 Å². The fourth-order valence-corrected chi connectivity index (χ4v) is 3.36. The molecule has 106 valence electrons. The summed E-state index contributed by atoms with van der Waals surface area (Å²) < 4.78 is 0. The summed E-state index contributed by atoms with van der Waals surface area (Å²) in [6, 6.07) is 8.58. The molecule has 2 heteroatoms. The zero-order valence-electron chi connectivity index (χ0n) is 12.3. The Labute approximate surface area is 122 Å². The third-order valence-electron chi connectivity index (χ3n) is 4.68. The van der Waals surface area contributed by atoms with Gasteiger partial charge >= 0.3 is 0 Å². The molecule has 1 aliphatic rings. The molecule has 1 aliphatic carbocycles. The zero-order chi connectivity index (χ0) is 14.0. The first kappa shape index (κ1) is 14.9. The van der Waals surface area contributed by atoms with E-state index in [1.165, 1.54) is 24.8 Å². The predicted molar refractivity (Wildman–Crippen MR) is 83.4 cm³/mol. The molecular weight excluding hydrogens is 254 g/mol. The topological polar surface area (TPSA) is 26.0 Å². The zero-order valence-corrected chi connectivity index (χ0v) is 13.1. The van der Waals surface area contributed by atoms with Crippen LogP contribution >= 0.6 is 11.6 Å². The molecule has 3 atom stereocenters. The highest BCUT2D eigenvalue weighted by Gasteiger charge is 2.34. The number of hydrogen-bond acceptors (Lipinski definition) is 1. The Kier molecular flexibility index (Phi) is 4.58. The lowest BCUT2D eigenvalue weighted by molar-refractivity contribution is 0.127. The quantitative estimate of drug-likeness (QED) is 0.836. The van der Waals surface area contributed by atoms with Crippen molar-refractivity contribution in [2.24, 2.45) is 23.0 Å². The first-order valence-electron chi connectivity index (χ1n) is 7.36. The summed E-state index contributed by atoms with van der Waals surface area (Å²) >= 11 is 5.94. The Balaban J connectivity index is 2.03. The highest BCUT2D eigenvalue weighted by Crippen LogP contribution is 2.40. The molecule has 0 aromatic heterocycles. The molecule has 0 saturated heterocycles. The molecule has 0 amide bonds. The molecule has 0 heterocycles. The molecule has 2 N–H and O–H groups in total. The van der Waals surface area contributed by atoms with E-state index in [1.54, 1.807) is 0 Å². The molecule has 1 nitrogen and oxygen atoms in total. The maximum absolute atomic E-state index is 6.34. The molecule has 1 aromatic rings. The van der Waals surface area contributed by atoms with Crippen LogP contribution in [0.3, 0.4) is 0 Å². The minimum atomic E-state index is 0.356. The Bertz CT molecular complexity index is 404. The summed E-state index contributed by atoms with van der Waals surface area (Å²) in [4.78, 5) is 0. The second kappa shape index (κ2) is 5.85. The smallest absolute Gasteiger partial charge is 0.0406 e. The lowest BCUT2D eigenvalue weighted by atomic mass is 9.66. The van der Waals surface area contributed by atoms with Gasteiger partial charge in [-0.05, 0) is 60.6 Å². The van der Waals surface area contributed by atoms with Gasteiger partial charge in [-0.25, -0.2) is 0 Å². The van der Waals surface area contributed by atoms with Crippen molar-refractivity contribution in [2.45, 2.75) is 52.5 Å². The van der Waals surface area contributed by atoms with Crippen LogP contribution in [0.25, 0.3) is 0 Å². The monoisotopic (exact) mass is 279 g/mol. The molecule has 19 heavy (non-hydrogen) atoms. The largest absolute Gasteiger partial charge is 0.327 e. The van der Waals surface area contributed by atoms with Crippen LogP contribution in [0, 0.1) is 17.3 Å². The molecule has 0 aliphatic heterocycles. The van der Waals surface area contributed by atoms with Crippen molar-refractivity contribution in [3.63, 3.8) is 0 Å². The molecule has 0 radical (unpaired) electrons. The molecule has 3 unspecified atom stereocenters. The summed E-state index contributed by atoms with van der Waals surface area (Å²) in [7, 11) is 0. The average molecular weight is 280 g/mol. The van der Waals surface area contributed by atoms with Gasteiger partial charge in [0.05, 0.1) is 0 Å². The van der Waals surface area contributed by atoms with Gasteiger partial charge in [-0.3, -0.25) is 0 Å². The van der Waals surface area contributed by atoms with E-state index >= 15 is 0 Å². The first-order valence-corrected chi connectivity index (χ1v) is 7.74. The molecule has 2 rings (SSSR count). The van der Waals surface area contributed by atoms with Gasteiger partial charge in [0.1, 0.15) is 0 Å². The van der Waals surface area contributed by atoms with E-state index in [4.69, 9.17) is 17.3 Å². The lowest BCUT2D eigenvalue weighted by Gasteiger charge is -2.40. The fraction of sp³-hybridized carbons (Fsp3) is 0.647. The van der Waals surface area contributed by atoms with Gasteiger partial charge in [0, 0.05) is 11.1 Å². The van der Waals surface area contributed by atoms with Crippen LogP contribution in [0.4, 0.5) is 0 Å². The molecule has 1 fully saturated rings. The van der Waals surface area contributed by atoms with Crippen molar-refractivity contribution in [3.8, 4) is 0 Å². The fourth-order valence-electron chi connectivity index (χ4n) is 3.23. The standard InChI is InChI=1S/C17H26ClN/c1-17(2,3)14-6-9-16(19)13(11-14)10-12-4-7-15(18)8-5-12/h4-5,7-8,13-14,16H,6,9-11,19H2,1-3H3.